The highest BCUT2D eigenvalue weighted by Crippen LogP contribution is 0.849. The van der Waals surface area contributed by atoms with Crippen LogP contribution in [0, 0.1) is 0 Å². The minimum absolute atomic E-state index is 0. The van der Waals surface area contributed by atoms with Crippen LogP contribution in [0.15, 0.2) is 0 Å². The van der Waals surface area contributed by atoms with E-state index in [1.165, 1.54) is 0 Å². The highest BCUT2D eigenvalue weighted by Gasteiger charge is -0.111. The van der Waals surface area contributed by atoms with Crippen LogP contribution in [0.25, 0.3) is 0 Å². The first kappa shape index (κ1) is 38.9. The molecule has 0 rings (SSSR count). The van der Waals surface area contributed by atoms with E-state index >= 15 is 0 Å². The van der Waals surface area contributed by atoms with Gasteiger partial charge in [-0.3, -0.25) is 0 Å². The number of halogens is 4. The van der Waals surface area contributed by atoms with E-state index in [9.17, 15) is 0 Å². The van der Waals surface area contributed by atoms with Gasteiger partial charge in [0, 0.05) is 0 Å². The standard InChI is InChI=1S/4BrH/h4*1H. The summed E-state index contributed by atoms with van der Waals surface area (Å²) in [5.41, 5.74) is 0. The lowest BCUT2D eigenvalue weighted by atomic mass is 79.9. The van der Waals surface area contributed by atoms with Crippen molar-refractivity contribution < 1.29 is 0 Å². The van der Waals surface area contributed by atoms with Gasteiger partial charge in [-0.1, -0.05) is 0 Å². The molecule has 0 aromatic heterocycles. The molecule has 4 heteroatoms. The van der Waals surface area contributed by atoms with Crippen LogP contribution in [-0.4, -0.2) is 0 Å². The second-order valence-electron chi connectivity index (χ2n) is 0. The van der Waals surface area contributed by atoms with Gasteiger partial charge in [0.1, 0.15) is 0 Å². The minimum atomic E-state index is 0. The maximum atomic E-state index is 0. The summed E-state index contributed by atoms with van der Waals surface area (Å²) in [6.45, 7) is 0. The predicted molar refractivity (Wildman–Crippen MR) is 41.3 cm³/mol. The van der Waals surface area contributed by atoms with Crippen LogP contribution in [0.1, 0.15) is 0 Å². The summed E-state index contributed by atoms with van der Waals surface area (Å²) in [6, 6.07) is 0. The maximum absolute atomic E-state index is 0. The van der Waals surface area contributed by atoms with Gasteiger partial charge >= 0.3 is 0 Å². The number of hydrogen-bond donors (Lipinski definition) is 0. The van der Waals surface area contributed by atoms with Gasteiger partial charge in [-0.05, 0) is 0 Å². The Labute approximate surface area is 67.4 Å². The quantitative estimate of drug-likeness (QED) is 0.642. The SMILES string of the molecule is Br.Br.Br.Br. The highest BCUT2D eigenvalue weighted by molar-refractivity contribution is 8.93. The van der Waals surface area contributed by atoms with Crippen LogP contribution in [0.3, 0.4) is 0 Å². The maximum Gasteiger partial charge on any atom is -0.114 e. The van der Waals surface area contributed by atoms with Crippen molar-refractivity contribution in [3.63, 3.8) is 0 Å². The summed E-state index contributed by atoms with van der Waals surface area (Å²) < 4.78 is 0. The molecule has 0 aliphatic rings. The van der Waals surface area contributed by atoms with Gasteiger partial charge in [0.15, 0.2) is 0 Å². The minimum Gasteiger partial charge on any atom is -0.114 e. The molecule has 0 atom stereocenters. The van der Waals surface area contributed by atoms with Crippen molar-refractivity contribution in [3.8, 4) is 0 Å². The van der Waals surface area contributed by atoms with E-state index < -0.39 is 0 Å². The van der Waals surface area contributed by atoms with E-state index in [2.05, 4.69) is 0 Å². The Hall–Kier alpha value is 1.92. The van der Waals surface area contributed by atoms with E-state index in [0.29, 0.717) is 0 Å². The lowest BCUT2D eigenvalue weighted by Gasteiger charge is -0.115. The summed E-state index contributed by atoms with van der Waals surface area (Å²) >= 11 is 0. The van der Waals surface area contributed by atoms with Gasteiger partial charge in [0.05, 0.1) is 0 Å². The van der Waals surface area contributed by atoms with Crippen LogP contribution in [-0.2, 0) is 0 Å². The predicted octanol–water partition coefficient (Wildman–Crippen LogP) is 2.31. The Kier molecular flexibility index (Phi) is 199. The van der Waals surface area contributed by atoms with E-state index in [-0.39, 0.29) is 67.9 Å². The Morgan fingerprint density at radius 1 is 0.250 bits per heavy atom. The molecule has 0 aliphatic heterocycles. The molecule has 0 spiro atoms. The topological polar surface area (TPSA) is 0 Å². The molecule has 0 radical (unpaired) electrons. The smallest absolute Gasteiger partial charge is 0.114 e. The first-order chi connectivity index (χ1) is 0. The molecule has 0 aromatic rings. The zero-order valence-electron chi connectivity index (χ0n) is 1.63. The van der Waals surface area contributed by atoms with Crippen molar-refractivity contribution in [3.05, 3.63) is 0 Å². The molecule has 0 aliphatic carbocycles. The average molecular weight is 324 g/mol. The molecule has 0 heterocycles. The first-order valence-electron chi connectivity index (χ1n) is 0. The summed E-state index contributed by atoms with van der Waals surface area (Å²) in [5, 5.41) is 0. The third-order valence-corrected chi connectivity index (χ3v) is 0. The summed E-state index contributed by atoms with van der Waals surface area (Å²) in [4.78, 5) is 0. The molecule has 0 nitrogen and oxygen atoms in total. The molecular weight excluding hydrogens is 320 g/mol. The van der Waals surface area contributed by atoms with Crippen molar-refractivity contribution in [2.75, 3.05) is 0 Å². The third-order valence-electron chi connectivity index (χ3n) is 0. The Morgan fingerprint density at radius 3 is 0.250 bits per heavy atom. The van der Waals surface area contributed by atoms with Crippen LogP contribution >= 0.6 is 67.9 Å². The van der Waals surface area contributed by atoms with Crippen LogP contribution < -0.4 is 0 Å². The highest BCUT2D eigenvalue weighted by atomic mass is 79.9. The summed E-state index contributed by atoms with van der Waals surface area (Å²) in [7, 11) is 0. The third kappa shape index (κ3) is 9.07. The van der Waals surface area contributed by atoms with E-state index in [0.717, 1.165) is 0 Å². The monoisotopic (exact) mass is 320 g/mol. The van der Waals surface area contributed by atoms with Gasteiger partial charge in [0.2, 0.25) is 0 Å². The largest absolute Gasteiger partial charge is 0.114 e. The normalized spacial score (nSPS) is 0. The van der Waals surface area contributed by atoms with Crippen LogP contribution in [0.2, 0.25) is 0 Å². The fourth-order valence-corrected chi connectivity index (χ4v) is 0. The van der Waals surface area contributed by atoms with Gasteiger partial charge in [0.25, 0.3) is 0 Å². The molecule has 0 saturated heterocycles. The van der Waals surface area contributed by atoms with E-state index in [1.807, 2.05) is 0 Å². The second-order valence-corrected chi connectivity index (χ2v) is 0. The molecule has 0 amide bonds. The van der Waals surface area contributed by atoms with Crippen molar-refractivity contribution in [2.24, 2.45) is 0 Å². The molecule has 0 saturated carbocycles. The van der Waals surface area contributed by atoms with E-state index in [1.54, 1.807) is 0 Å². The summed E-state index contributed by atoms with van der Waals surface area (Å²) in [6.07, 6.45) is 0. The lowest BCUT2D eigenvalue weighted by molar-refractivity contribution is 8.93. The fourth-order valence-electron chi connectivity index (χ4n) is 0. The van der Waals surface area contributed by atoms with Crippen LogP contribution in [0.4, 0.5) is 0 Å². The van der Waals surface area contributed by atoms with Crippen molar-refractivity contribution in [2.45, 2.75) is 0 Å². The molecule has 0 N–H and O–H groups in total. The molecule has 0 unspecified atom stereocenters. The summed E-state index contributed by atoms with van der Waals surface area (Å²) in [5.74, 6) is 0. The Bertz CT molecular complexity index is 0. The second kappa shape index (κ2) is 20.5. The zero-order valence-corrected chi connectivity index (χ0v) is 8.49. The van der Waals surface area contributed by atoms with Gasteiger partial charge in [-0.15, -0.1) is 67.9 Å². The molecular formula is H4Br4. The van der Waals surface area contributed by atoms with Crippen molar-refractivity contribution in [1.29, 1.82) is 0 Å². The average Bonchev–Trinajstić information content (AvgIpc) is 0. The molecule has 32 valence electrons. The number of rotatable bonds is 0. The first-order valence-corrected chi connectivity index (χ1v) is 0. The zero-order chi connectivity index (χ0) is 0. The van der Waals surface area contributed by atoms with Gasteiger partial charge in [-0.2, -0.15) is 0 Å². The fraction of sp³-hybridized carbons (Fsp3) is 0. The lowest BCUT2D eigenvalue weighted by Crippen LogP contribution is 0.845. The van der Waals surface area contributed by atoms with E-state index in [4.69, 9.17) is 0 Å². The van der Waals surface area contributed by atoms with Gasteiger partial charge in [-0.25, -0.2) is 0 Å². The molecule has 4 heavy (non-hydrogen) atoms. The number of hydrogen-bond acceptors (Lipinski definition) is 0. The molecule has 0 fully saturated rings. The molecule has 0 aromatic carbocycles. The Morgan fingerprint density at radius 2 is 0.250 bits per heavy atom. The van der Waals surface area contributed by atoms with Gasteiger partial charge < -0.3 is 0 Å². The van der Waals surface area contributed by atoms with Crippen molar-refractivity contribution in [1.82, 2.24) is 0 Å². The van der Waals surface area contributed by atoms with Crippen molar-refractivity contribution >= 4 is 67.9 Å². The Balaban J connectivity index is 0. The van der Waals surface area contributed by atoms with Crippen LogP contribution in [0.5, 0.6) is 0 Å². The molecule has 0 bridgehead atoms.